The maximum atomic E-state index is 13.3. The van der Waals surface area contributed by atoms with E-state index in [4.69, 9.17) is 9.15 Å². The van der Waals surface area contributed by atoms with Crippen molar-refractivity contribution in [3.8, 4) is 5.75 Å². The van der Waals surface area contributed by atoms with Gasteiger partial charge in [0, 0.05) is 18.0 Å². The van der Waals surface area contributed by atoms with Gasteiger partial charge in [-0.2, -0.15) is 0 Å². The normalized spacial score (nSPS) is 11.8. The Morgan fingerprint density at radius 2 is 1.83 bits per heavy atom. The highest BCUT2D eigenvalue weighted by atomic mass is 16.5. The van der Waals surface area contributed by atoms with Gasteiger partial charge in [0.15, 0.2) is 11.4 Å². The van der Waals surface area contributed by atoms with Gasteiger partial charge in [0.1, 0.15) is 11.3 Å². The van der Waals surface area contributed by atoms with E-state index < -0.39 is 0 Å². The van der Waals surface area contributed by atoms with Crippen LogP contribution in [0.5, 0.6) is 5.75 Å². The Morgan fingerprint density at radius 1 is 1.03 bits per heavy atom. The first-order valence-electron chi connectivity index (χ1n) is 9.39. The molecule has 0 unspecified atom stereocenters. The molecule has 4 aromatic rings. The molecule has 5 heteroatoms. The maximum absolute atomic E-state index is 13.3. The van der Waals surface area contributed by atoms with Crippen LogP contribution in [-0.4, -0.2) is 21.9 Å². The minimum absolute atomic E-state index is 0.0670. The highest BCUT2D eigenvalue weighted by Crippen LogP contribution is 2.27. The van der Waals surface area contributed by atoms with Crippen LogP contribution in [0.25, 0.3) is 22.7 Å². The summed E-state index contributed by atoms with van der Waals surface area (Å²) in [5.74, 6) is 0.815. The average Bonchev–Trinajstić information content (AvgIpc) is 3.16. The third kappa shape index (κ3) is 4.24. The topological polar surface area (TPSA) is 65.2 Å². The minimum Gasteiger partial charge on any atom is -0.491 e. The number of hydrogen-bond acceptors (Lipinski definition) is 5. The quantitative estimate of drug-likeness (QED) is 0.327. The van der Waals surface area contributed by atoms with Crippen LogP contribution in [-0.2, 0) is 0 Å². The number of benzene rings is 2. The van der Waals surface area contributed by atoms with Gasteiger partial charge in [-0.1, -0.05) is 18.2 Å². The Hall–Kier alpha value is -3.73. The van der Waals surface area contributed by atoms with E-state index in [9.17, 15) is 4.79 Å². The molecule has 29 heavy (non-hydrogen) atoms. The number of ether oxygens (including phenoxy) is 1. The minimum atomic E-state index is -0.184. The summed E-state index contributed by atoms with van der Waals surface area (Å²) in [5.41, 5.74) is 3.02. The lowest BCUT2D eigenvalue weighted by Gasteiger charge is -2.10. The van der Waals surface area contributed by atoms with Crippen molar-refractivity contribution in [2.75, 3.05) is 0 Å². The van der Waals surface area contributed by atoms with E-state index in [0.717, 1.165) is 11.3 Å². The van der Waals surface area contributed by atoms with E-state index in [0.29, 0.717) is 22.2 Å². The lowest BCUT2D eigenvalue weighted by molar-refractivity contribution is 0.105. The van der Waals surface area contributed by atoms with Crippen molar-refractivity contribution < 1.29 is 13.9 Å². The highest BCUT2D eigenvalue weighted by molar-refractivity contribution is 6.31. The number of rotatable bonds is 6. The lowest BCUT2D eigenvalue weighted by atomic mass is 10.0. The summed E-state index contributed by atoms with van der Waals surface area (Å²) in [4.78, 5) is 22.0. The SMILES string of the molecule is CC(C)Oc1ccc(C(=O)C(=Cc2cccnc2)c2nc3ccccc3o2)cc1. The second-order valence-electron chi connectivity index (χ2n) is 6.85. The first kappa shape index (κ1) is 18.6. The fourth-order valence-corrected chi connectivity index (χ4v) is 2.95. The fourth-order valence-electron chi connectivity index (χ4n) is 2.95. The molecule has 0 bridgehead atoms. The van der Waals surface area contributed by atoms with Crippen LogP contribution in [0, 0.1) is 0 Å². The molecule has 5 nitrogen and oxygen atoms in total. The highest BCUT2D eigenvalue weighted by Gasteiger charge is 2.20. The second-order valence-corrected chi connectivity index (χ2v) is 6.85. The van der Waals surface area contributed by atoms with E-state index in [1.807, 2.05) is 50.2 Å². The predicted molar refractivity (Wildman–Crippen MR) is 113 cm³/mol. The van der Waals surface area contributed by atoms with E-state index in [1.165, 1.54) is 0 Å². The molecule has 0 fully saturated rings. The number of carbonyl (C=O) groups is 1. The fraction of sp³-hybridized carbons (Fsp3) is 0.125. The number of hydrogen-bond donors (Lipinski definition) is 0. The molecule has 2 aromatic carbocycles. The number of carbonyl (C=O) groups excluding carboxylic acids is 1. The molecule has 0 aliphatic heterocycles. The molecule has 2 aromatic heterocycles. The number of aromatic nitrogens is 2. The molecular formula is C24H20N2O3. The molecule has 0 spiro atoms. The Labute approximate surface area is 168 Å². The van der Waals surface area contributed by atoms with Crippen LogP contribution in [0.3, 0.4) is 0 Å². The standard InChI is InChI=1S/C24H20N2O3/c1-16(2)28-19-11-9-18(10-12-19)23(27)20(14-17-6-5-13-25-15-17)24-26-21-7-3-4-8-22(21)29-24/h3-16H,1-2H3. The van der Waals surface area contributed by atoms with Gasteiger partial charge in [-0.05, 0) is 68.0 Å². The van der Waals surface area contributed by atoms with E-state index in [1.54, 1.807) is 42.7 Å². The van der Waals surface area contributed by atoms with Crippen molar-refractivity contribution >= 4 is 28.5 Å². The van der Waals surface area contributed by atoms with Crippen LogP contribution in [0.4, 0.5) is 0 Å². The van der Waals surface area contributed by atoms with Crippen molar-refractivity contribution in [3.63, 3.8) is 0 Å². The van der Waals surface area contributed by atoms with Crippen molar-refractivity contribution in [3.05, 3.63) is 90.1 Å². The summed E-state index contributed by atoms with van der Waals surface area (Å²) in [7, 11) is 0. The molecule has 0 aliphatic carbocycles. The largest absolute Gasteiger partial charge is 0.491 e. The van der Waals surface area contributed by atoms with Crippen molar-refractivity contribution in [2.45, 2.75) is 20.0 Å². The van der Waals surface area contributed by atoms with E-state index in [-0.39, 0.29) is 17.8 Å². The third-order valence-electron chi connectivity index (χ3n) is 4.25. The summed E-state index contributed by atoms with van der Waals surface area (Å²) in [6.45, 7) is 3.92. The Kier molecular flexibility index (Phi) is 5.20. The van der Waals surface area contributed by atoms with Crippen LogP contribution in [0.15, 0.2) is 77.5 Å². The zero-order chi connectivity index (χ0) is 20.2. The Bertz CT molecular complexity index is 1130. The first-order valence-corrected chi connectivity index (χ1v) is 9.39. The number of para-hydroxylation sites is 2. The molecule has 0 saturated carbocycles. The van der Waals surface area contributed by atoms with Crippen LogP contribution in [0.2, 0.25) is 0 Å². The van der Waals surface area contributed by atoms with Crippen molar-refractivity contribution in [1.29, 1.82) is 0 Å². The van der Waals surface area contributed by atoms with Crippen molar-refractivity contribution in [1.82, 2.24) is 9.97 Å². The molecule has 144 valence electrons. The Morgan fingerprint density at radius 3 is 2.52 bits per heavy atom. The Balaban J connectivity index is 1.75. The summed E-state index contributed by atoms with van der Waals surface area (Å²) in [6, 6.07) is 18.2. The smallest absolute Gasteiger partial charge is 0.231 e. The van der Waals surface area contributed by atoms with Crippen LogP contribution >= 0.6 is 0 Å². The summed E-state index contributed by atoms with van der Waals surface area (Å²) in [5, 5.41) is 0. The monoisotopic (exact) mass is 384 g/mol. The molecule has 0 radical (unpaired) electrons. The number of allylic oxidation sites excluding steroid dienone is 1. The molecule has 0 atom stereocenters. The molecule has 4 rings (SSSR count). The van der Waals surface area contributed by atoms with Gasteiger partial charge in [-0.3, -0.25) is 9.78 Å². The molecular weight excluding hydrogens is 364 g/mol. The van der Waals surface area contributed by atoms with Gasteiger partial charge in [-0.25, -0.2) is 4.98 Å². The van der Waals surface area contributed by atoms with Gasteiger partial charge >= 0.3 is 0 Å². The predicted octanol–water partition coefficient (Wildman–Crippen LogP) is 5.43. The molecule has 0 N–H and O–H groups in total. The number of ketones is 1. The molecule has 2 heterocycles. The first-order chi connectivity index (χ1) is 14.1. The summed E-state index contributed by atoms with van der Waals surface area (Å²) >= 11 is 0. The summed E-state index contributed by atoms with van der Waals surface area (Å²) < 4.78 is 11.5. The summed E-state index contributed by atoms with van der Waals surface area (Å²) in [6.07, 6.45) is 5.19. The van der Waals surface area contributed by atoms with Crippen LogP contribution < -0.4 is 4.74 Å². The lowest BCUT2D eigenvalue weighted by Crippen LogP contribution is -2.06. The third-order valence-corrected chi connectivity index (χ3v) is 4.25. The number of nitrogens with zero attached hydrogens (tertiary/aromatic N) is 2. The van der Waals surface area contributed by atoms with Gasteiger partial charge in [0.25, 0.3) is 0 Å². The molecule has 0 amide bonds. The second kappa shape index (κ2) is 8.10. The van der Waals surface area contributed by atoms with Gasteiger partial charge in [-0.15, -0.1) is 0 Å². The van der Waals surface area contributed by atoms with Crippen molar-refractivity contribution in [2.24, 2.45) is 0 Å². The molecule has 0 saturated heterocycles. The van der Waals surface area contributed by atoms with Gasteiger partial charge in [0.05, 0.1) is 11.7 Å². The molecule has 0 aliphatic rings. The number of Topliss-reactive ketones (excluding diaryl/α,β-unsaturated/α-hetero) is 1. The maximum Gasteiger partial charge on any atom is 0.231 e. The number of pyridine rings is 1. The van der Waals surface area contributed by atoms with E-state index in [2.05, 4.69) is 9.97 Å². The number of oxazole rings is 1. The average molecular weight is 384 g/mol. The van der Waals surface area contributed by atoms with E-state index >= 15 is 0 Å². The number of fused-ring (bicyclic) bond motifs is 1. The van der Waals surface area contributed by atoms with Gasteiger partial charge in [0.2, 0.25) is 5.89 Å². The van der Waals surface area contributed by atoms with Crippen LogP contribution in [0.1, 0.15) is 35.7 Å². The zero-order valence-electron chi connectivity index (χ0n) is 16.2. The van der Waals surface area contributed by atoms with Gasteiger partial charge < -0.3 is 9.15 Å². The zero-order valence-corrected chi connectivity index (χ0v) is 16.2.